The van der Waals surface area contributed by atoms with E-state index in [-0.39, 0.29) is 36.3 Å². The number of fused-ring (bicyclic) bond motifs is 2. The van der Waals surface area contributed by atoms with Gasteiger partial charge in [-0.2, -0.15) is 13.2 Å². The van der Waals surface area contributed by atoms with Gasteiger partial charge in [0, 0.05) is 12.1 Å². The highest BCUT2D eigenvalue weighted by Gasteiger charge is 2.45. The van der Waals surface area contributed by atoms with Gasteiger partial charge in [0.25, 0.3) is 0 Å². The summed E-state index contributed by atoms with van der Waals surface area (Å²) in [5.74, 6) is -2.35. The zero-order valence-corrected chi connectivity index (χ0v) is 12.3. The van der Waals surface area contributed by atoms with Crippen molar-refractivity contribution in [3.63, 3.8) is 0 Å². The largest absolute Gasteiger partial charge is 0.400 e. The van der Waals surface area contributed by atoms with Gasteiger partial charge in [-0.05, 0) is 44.4 Å². The Morgan fingerprint density at radius 1 is 1.25 bits per heavy atom. The number of amides is 1. The molecule has 2 bridgehead atoms. The standard InChI is InChI=1S/C13H21F3N2O.ClH/c1-7(13(14,15)16)12(19)18-11-8-3-2-4-9(11)6-10(17)5-8;/h7-11H,2-6,17H2,1H3,(H,18,19);1H. The summed E-state index contributed by atoms with van der Waals surface area (Å²) in [5.41, 5.74) is 5.95. The van der Waals surface area contributed by atoms with Crippen molar-refractivity contribution in [2.45, 2.75) is 57.3 Å². The second kappa shape index (κ2) is 6.52. The summed E-state index contributed by atoms with van der Waals surface area (Å²) in [5, 5.41) is 2.63. The van der Waals surface area contributed by atoms with Crippen molar-refractivity contribution in [1.82, 2.24) is 5.32 Å². The molecule has 0 spiro atoms. The zero-order valence-electron chi connectivity index (χ0n) is 11.5. The molecule has 0 heterocycles. The van der Waals surface area contributed by atoms with E-state index in [0.29, 0.717) is 0 Å². The van der Waals surface area contributed by atoms with Gasteiger partial charge in [-0.3, -0.25) is 4.79 Å². The van der Waals surface area contributed by atoms with Crippen LogP contribution in [0.1, 0.15) is 39.0 Å². The van der Waals surface area contributed by atoms with E-state index in [1.165, 1.54) is 0 Å². The third kappa shape index (κ3) is 3.79. The Morgan fingerprint density at radius 2 is 1.75 bits per heavy atom. The van der Waals surface area contributed by atoms with Gasteiger partial charge in [0.15, 0.2) is 0 Å². The molecule has 2 saturated carbocycles. The van der Waals surface area contributed by atoms with Gasteiger partial charge >= 0.3 is 6.18 Å². The first-order chi connectivity index (χ1) is 8.79. The summed E-state index contributed by atoms with van der Waals surface area (Å²) in [4.78, 5) is 11.7. The van der Waals surface area contributed by atoms with E-state index < -0.39 is 18.0 Å². The van der Waals surface area contributed by atoms with Crippen molar-refractivity contribution in [1.29, 1.82) is 0 Å². The Hall–Kier alpha value is -0.490. The van der Waals surface area contributed by atoms with Crippen LogP contribution in [0.4, 0.5) is 13.2 Å². The van der Waals surface area contributed by atoms with Crippen molar-refractivity contribution in [3.8, 4) is 0 Å². The summed E-state index contributed by atoms with van der Waals surface area (Å²) < 4.78 is 37.6. The van der Waals surface area contributed by atoms with E-state index in [2.05, 4.69) is 5.32 Å². The Bertz CT molecular complexity index is 337. The summed E-state index contributed by atoms with van der Waals surface area (Å²) in [6.07, 6.45) is 0.141. The Kier molecular flexibility index (Phi) is 5.72. The fraction of sp³-hybridized carbons (Fsp3) is 0.923. The van der Waals surface area contributed by atoms with Crippen molar-refractivity contribution in [2.24, 2.45) is 23.5 Å². The van der Waals surface area contributed by atoms with Crippen molar-refractivity contribution >= 4 is 18.3 Å². The molecule has 0 aromatic rings. The van der Waals surface area contributed by atoms with Gasteiger partial charge in [-0.15, -0.1) is 12.4 Å². The highest BCUT2D eigenvalue weighted by molar-refractivity contribution is 5.85. The maximum Gasteiger partial charge on any atom is 0.400 e. The lowest BCUT2D eigenvalue weighted by atomic mass is 9.67. The lowest BCUT2D eigenvalue weighted by Crippen LogP contribution is -2.55. The molecule has 0 saturated heterocycles. The normalized spacial score (nSPS) is 34.9. The number of carbonyl (C=O) groups is 1. The lowest BCUT2D eigenvalue weighted by molar-refractivity contribution is -0.180. The molecule has 3 atom stereocenters. The zero-order chi connectivity index (χ0) is 14.2. The lowest BCUT2D eigenvalue weighted by Gasteiger charge is -2.45. The molecule has 3 unspecified atom stereocenters. The SMILES string of the molecule is CC(C(=O)NC1C2CCCC1CC(N)C2)C(F)(F)F.Cl. The van der Waals surface area contributed by atoms with E-state index in [1.54, 1.807) is 0 Å². The van der Waals surface area contributed by atoms with Gasteiger partial charge < -0.3 is 11.1 Å². The van der Waals surface area contributed by atoms with Crippen LogP contribution in [-0.2, 0) is 4.79 Å². The monoisotopic (exact) mass is 314 g/mol. The van der Waals surface area contributed by atoms with Crippen LogP contribution in [0.15, 0.2) is 0 Å². The topological polar surface area (TPSA) is 55.1 Å². The van der Waals surface area contributed by atoms with E-state index in [0.717, 1.165) is 39.0 Å². The number of alkyl halides is 3. The van der Waals surface area contributed by atoms with Crippen LogP contribution in [0.3, 0.4) is 0 Å². The summed E-state index contributed by atoms with van der Waals surface area (Å²) >= 11 is 0. The number of nitrogens with one attached hydrogen (secondary N) is 1. The molecule has 118 valence electrons. The molecule has 2 aliphatic rings. The molecule has 3 N–H and O–H groups in total. The van der Waals surface area contributed by atoms with Gasteiger partial charge in [-0.1, -0.05) is 6.42 Å². The molecule has 20 heavy (non-hydrogen) atoms. The summed E-state index contributed by atoms with van der Waals surface area (Å²) in [7, 11) is 0. The molecular weight excluding hydrogens is 293 g/mol. The average molecular weight is 315 g/mol. The summed E-state index contributed by atoms with van der Waals surface area (Å²) in [6, 6.07) is 0.00865. The quantitative estimate of drug-likeness (QED) is 0.823. The Morgan fingerprint density at radius 3 is 2.20 bits per heavy atom. The molecule has 0 radical (unpaired) electrons. The molecule has 2 rings (SSSR count). The predicted octanol–water partition coefficient (Wildman–Crippen LogP) is 2.63. The molecule has 1 amide bonds. The van der Waals surface area contributed by atoms with Crippen molar-refractivity contribution < 1.29 is 18.0 Å². The number of hydrogen-bond donors (Lipinski definition) is 2. The van der Waals surface area contributed by atoms with Gasteiger partial charge in [0.2, 0.25) is 5.91 Å². The molecule has 0 aliphatic heterocycles. The third-order valence-corrected chi connectivity index (χ3v) is 4.57. The minimum absolute atomic E-state index is 0. The van der Waals surface area contributed by atoms with E-state index in [1.807, 2.05) is 0 Å². The van der Waals surface area contributed by atoms with Gasteiger partial charge in [0.05, 0.1) is 0 Å². The van der Waals surface area contributed by atoms with Crippen LogP contribution >= 0.6 is 12.4 Å². The molecular formula is C13H22ClF3N2O. The van der Waals surface area contributed by atoms with Crippen LogP contribution in [0.25, 0.3) is 0 Å². The fourth-order valence-corrected chi connectivity index (χ4v) is 3.46. The minimum atomic E-state index is -4.47. The van der Waals surface area contributed by atoms with Crippen molar-refractivity contribution in [3.05, 3.63) is 0 Å². The van der Waals surface area contributed by atoms with E-state index in [4.69, 9.17) is 5.73 Å². The Labute approximate surface area is 123 Å². The van der Waals surface area contributed by atoms with Crippen LogP contribution in [0.5, 0.6) is 0 Å². The smallest absolute Gasteiger partial charge is 0.352 e. The molecule has 2 fully saturated rings. The first-order valence-electron chi connectivity index (χ1n) is 6.91. The van der Waals surface area contributed by atoms with E-state index >= 15 is 0 Å². The number of halogens is 4. The number of hydrogen-bond acceptors (Lipinski definition) is 2. The van der Waals surface area contributed by atoms with Crippen molar-refractivity contribution in [2.75, 3.05) is 0 Å². The minimum Gasteiger partial charge on any atom is -0.352 e. The first-order valence-corrected chi connectivity index (χ1v) is 6.91. The number of nitrogens with two attached hydrogens (primary N) is 1. The number of carbonyl (C=O) groups excluding carboxylic acids is 1. The van der Waals surface area contributed by atoms with Crippen LogP contribution in [-0.4, -0.2) is 24.2 Å². The van der Waals surface area contributed by atoms with Crippen LogP contribution in [0.2, 0.25) is 0 Å². The third-order valence-electron chi connectivity index (χ3n) is 4.57. The number of rotatable bonds is 2. The average Bonchev–Trinajstić information content (AvgIpc) is 2.28. The molecule has 0 aromatic carbocycles. The predicted molar refractivity (Wildman–Crippen MR) is 72.4 cm³/mol. The van der Waals surface area contributed by atoms with Crippen LogP contribution in [0, 0.1) is 17.8 Å². The molecule has 2 aliphatic carbocycles. The van der Waals surface area contributed by atoms with Gasteiger partial charge in [-0.25, -0.2) is 0 Å². The summed E-state index contributed by atoms with van der Waals surface area (Å²) in [6.45, 7) is 0.916. The second-order valence-corrected chi connectivity index (χ2v) is 5.98. The maximum atomic E-state index is 12.5. The molecule has 7 heteroatoms. The maximum absolute atomic E-state index is 12.5. The highest BCUT2D eigenvalue weighted by atomic mass is 35.5. The first kappa shape index (κ1) is 17.6. The fourth-order valence-electron chi connectivity index (χ4n) is 3.46. The van der Waals surface area contributed by atoms with Crippen LogP contribution < -0.4 is 11.1 Å². The second-order valence-electron chi connectivity index (χ2n) is 5.98. The molecule has 0 aromatic heterocycles. The highest BCUT2D eigenvalue weighted by Crippen LogP contribution is 2.40. The van der Waals surface area contributed by atoms with Gasteiger partial charge in [0.1, 0.15) is 5.92 Å². The van der Waals surface area contributed by atoms with E-state index in [9.17, 15) is 18.0 Å². The Balaban J connectivity index is 0.00000200. The molecule has 3 nitrogen and oxygen atoms in total.